The molecule has 2 aromatic heterocycles. The lowest BCUT2D eigenvalue weighted by Crippen LogP contribution is -2.37. The first-order valence-corrected chi connectivity index (χ1v) is 7.29. The maximum Gasteiger partial charge on any atom is 0.332 e. The van der Waals surface area contributed by atoms with Gasteiger partial charge in [-0.25, -0.2) is 9.78 Å². The quantitative estimate of drug-likeness (QED) is 0.385. The zero-order valence-corrected chi connectivity index (χ0v) is 14.4. The van der Waals surface area contributed by atoms with Crippen molar-refractivity contribution in [2.45, 2.75) is 0 Å². The van der Waals surface area contributed by atoms with Gasteiger partial charge in [-0.1, -0.05) is 11.6 Å². The van der Waals surface area contributed by atoms with Crippen molar-refractivity contribution in [3.05, 3.63) is 60.5 Å². The van der Waals surface area contributed by atoms with Gasteiger partial charge in [0.2, 0.25) is 0 Å². The van der Waals surface area contributed by atoms with E-state index < -0.39 is 4.92 Å². The van der Waals surface area contributed by atoms with Crippen molar-refractivity contribution in [1.29, 1.82) is 0 Å². The number of benzene rings is 1. The van der Waals surface area contributed by atoms with Crippen molar-refractivity contribution in [2.75, 3.05) is 5.73 Å². The number of nitro benzene ring substituents is 1. The zero-order valence-electron chi connectivity index (χ0n) is 13.6. The molecule has 0 spiro atoms. The lowest BCUT2D eigenvalue weighted by Gasteiger charge is -2.02. The minimum absolute atomic E-state index is 0.101. The molecular formula is C14H15ClN6O4. The van der Waals surface area contributed by atoms with E-state index in [9.17, 15) is 19.7 Å². The van der Waals surface area contributed by atoms with Gasteiger partial charge in [0.1, 0.15) is 5.02 Å². The fourth-order valence-electron chi connectivity index (χ4n) is 2.14. The molecule has 0 aliphatic heterocycles. The van der Waals surface area contributed by atoms with Crippen LogP contribution in [-0.2, 0) is 21.1 Å². The van der Waals surface area contributed by atoms with Crippen molar-refractivity contribution in [3.63, 3.8) is 0 Å². The van der Waals surface area contributed by atoms with Gasteiger partial charge in [0.05, 0.1) is 11.3 Å². The Balaban J connectivity index is 0.000000186. The number of nitrogens with two attached hydrogens (primary N) is 1. The number of nitro groups is 1. The lowest BCUT2D eigenvalue weighted by atomic mass is 10.3. The van der Waals surface area contributed by atoms with E-state index in [-0.39, 0.29) is 22.0 Å². The van der Waals surface area contributed by atoms with Gasteiger partial charge in [0.15, 0.2) is 11.2 Å². The van der Waals surface area contributed by atoms with Crippen molar-refractivity contribution < 1.29 is 4.92 Å². The first-order chi connectivity index (χ1) is 11.6. The molecule has 25 heavy (non-hydrogen) atoms. The number of halogens is 1. The summed E-state index contributed by atoms with van der Waals surface area (Å²) in [5.74, 6) is 0. The smallest absolute Gasteiger partial charge is 0.332 e. The van der Waals surface area contributed by atoms with Gasteiger partial charge >= 0.3 is 5.69 Å². The van der Waals surface area contributed by atoms with Crippen LogP contribution in [0.15, 0.2) is 34.1 Å². The molecule has 132 valence electrons. The van der Waals surface area contributed by atoms with Crippen LogP contribution in [0.5, 0.6) is 0 Å². The van der Waals surface area contributed by atoms with E-state index in [1.54, 1.807) is 18.7 Å². The number of hydrogen-bond acceptors (Lipinski definition) is 6. The van der Waals surface area contributed by atoms with Crippen LogP contribution in [0.2, 0.25) is 5.02 Å². The van der Waals surface area contributed by atoms with Gasteiger partial charge in [-0.15, -0.1) is 0 Å². The molecular weight excluding hydrogens is 352 g/mol. The minimum atomic E-state index is -0.571. The molecule has 2 N–H and O–H groups in total. The second-order valence-electron chi connectivity index (χ2n) is 5.20. The third-order valence-corrected chi connectivity index (χ3v) is 3.80. The van der Waals surface area contributed by atoms with Gasteiger partial charge in [-0.05, 0) is 12.1 Å². The minimum Gasteiger partial charge on any atom is -0.399 e. The van der Waals surface area contributed by atoms with E-state index >= 15 is 0 Å². The molecule has 2 heterocycles. The number of rotatable bonds is 1. The summed E-state index contributed by atoms with van der Waals surface area (Å²) in [6, 6.07) is 4.13. The average Bonchev–Trinajstić information content (AvgIpc) is 2.95. The predicted molar refractivity (Wildman–Crippen MR) is 93.7 cm³/mol. The Bertz CT molecular complexity index is 1080. The Kier molecular flexibility index (Phi) is 4.93. The van der Waals surface area contributed by atoms with E-state index in [1.807, 2.05) is 0 Å². The first kappa shape index (κ1) is 18.2. The van der Waals surface area contributed by atoms with E-state index in [0.29, 0.717) is 16.9 Å². The van der Waals surface area contributed by atoms with Crippen LogP contribution in [0, 0.1) is 10.1 Å². The highest BCUT2D eigenvalue weighted by atomic mass is 35.5. The molecule has 0 amide bonds. The van der Waals surface area contributed by atoms with Crippen LogP contribution in [0.1, 0.15) is 0 Å². The van der Waals surface area contributed by atoms with Crippen LogP contribution in [-0.4, -0.2) is 23.6 Å². The Morgan fingerprint density at radius 1 is 1.20 bits per heavy atom. The third-order valence-electron chi connectivity index (χ3n) is 3.48. The molecule has 0 atom stereocenters. The molecule has 0 radical (unpaired) electrons. The van der Waals surface area contributed by atoms with Crippen molar-refractivity contribution in [2.24, 2.45) is 21.1 Å². The number of aryl methyl sites for hydroxylation is 2. The molecule has 3 rings (SSSR count). The molecule has 0 fully saturated rings. The second kappa shape index (κ2) is 6.77. The maximum atomic E-state index is 11.7. The summed E-state index contributed by atoms with van der Waals surface area (Å²) in [5.41, 5.74) is 5.66. The molecule has 0 aliphatic rings. The van der Waals surface area contributed by atoms with Gasteiger partial charge in [-0.3, -0.25) is 24.0 Å². The van der Waals surface area contributed by atoms with Crippen molar-refractivity contribution >= 4 is 34.1 Å². The van der Waals surface area contributed by atoms with E-state index in [1.165, 1.54) is 36.1 Å². The fourth-order valence-corrected chi connectivity index (χ4v) is 2.33. The number of fused-ring (bicyclic) bond motifs is 1. The van der Waals surface area contributed by atoms with Gasteiger partial charge in [0.25, 0.3) is 11.2 Å². The summed E-state index contributed by atoms with van der Waals surface area (Å²) in [5, 5.41) is 10.3. The number of nitrogens with zero attached hydrogens (tertiary/aromatic N) is 5. The normalized spacial score (nSPS) is 10.4. The standard InChI is InChI=1S/C8H10N4O2.C6H5ClN2O2/c1-10-4-9-6-5(10)7(13)12(3)8(14)11(6)2;7-5-2-1-4(8)3-6(5)9(10)11/h4H,1-3H3;1-3H,8H2. The van der Waals surface area contributed by atoms with Crippen LogP contribution < -0.4 is 17.0 Å². The van der Waals surface area contributed by atoms with E-state index in [0.717, 1.165) is 4.57 Å². The Morgan fingerprint density at radius 3 is 2.40 bits per heavy atom. The summed E-state index contributed by atoms with van der Waals surface area (Å²) in [6.45, 7) is 0. The molecule has 1 aromatic carbocycles. The highest BCUT2D eigenvalue weighted by Gasteiger charge is 2.12. The molecule has 0 unspecified atom stereocenters. The fraction of sp³-hybridized carbons (Fsp3) is 0.214. The Labute approximate surface area is 145 Å². The number of anilines is 1. The Morgan fingerprint density at radius 2 is 1.84 bits per heavy atom. The zero-order chi connectivity index (χ0) is 18.9. The first-order valence-electron chi connectivity index (χ1n) is 6.91. The molecule has 10 nitrogen and oxygen atoms in total. The average molecular weight is 367 g/mol. The van der Waals surface area contributed by atoms with Crippen molar-refractivity contribution in [3.8, 4) is 0 Å². The van der Waals surface area contributed by atoms with Gasteiger partial charge in [0, 0.05) is 32.9 Å². The Hall–Kier alpha value is -3.14. The monoisotopic (exact) mass is 366 g/mol. The molecule has 0 saturated carbocycles. The van der Waals surface area contributed by atoms with Gasteiger partial charge < -0.3 is 10.3 Å². The second-order valence-corrected chi connectivity index (χ2v) is 5.61. The van der Waals surface area contributed by atoms with E-state index in [4.69, 9.17) is 17.3 Å². The van der Waals surface area contributed by atoms with Crippen LogP contribution >= 0.6 is 11.6 Å². The number of aromatic nitrogens is 4. The van der Waals surface area contributed by atoms with Crippen LogP contribution in [0.3, 0.4) is 0 Å². The lowest BCUT2D eigenvalue weighted by molar-refractivity contribution is -0.384. The molecule has 0 saturated heterocycles. The topological polar surface area (TPSA) is 131 Å². The summed E-state index contributed by atoms with van der Waals surface area (Å²) in [7, 11) is 4.77. The number of nitrogen functional groups attached to an aromatic ring is 1. The van der Waals surface area contributed by atoms with Gasteiger partial charge in [-0.2, -0.15) is 0 Å². The number of imidazole rings is 1. The largest absolute Gasteiger partial charge is 0.399 e. The molecule has 11 heteroatoms. The third kappa shape index (κ3) is 3.38. The summed E-state index contributed by atoms with van der Waals surface area (Å²) in [4.78, 5) is 36.8. The maximum absolute atomic E-state index is 11.7. The highest BCUT2D eigenvalue weighted by Crippen LogP contribution is 2.25. The molecule has 0 aliphatic carbocycles. The predicted octanol–water partition coefficient (Wildman–Crippen LogP) is 0.801. The molecule has 0 bridgehead atoms. The molecule has 3 aromatic rings. The summed E-state index contributed by atoms with van der Waals surface area (Å²) in [6.07, 6.45) is 1.52. The summed E-state index contributed by atoms with van der Waals surface area (Å²) < 4.78 is 4.04. The number of hydrogen-bond donors (Lipinski definition) is 1. The van der Waals surface area contributed by atoms with Crippen LogP contribution in [0.25, 0.3) is 11.2 Å². The van der Waals surface area contributed by atoms with Crippen LogP contribution in [0.4, 0.5) is 11.4 Å². The van der Waals surface area contributed by atoms with Crippen molar-refractivity contribution in [1.82, 2.24) is 18.7 Å². The summed E-state index contributed by atoms with van der Waals surface area (Å²) >= 11 is 5.49. The SMILES string of the molecule is Cn1c(=O)c2c(ncn2C)n(C)c1=O.Nc1ccc(Cl)c([N+](=O)[O-])c1. The highest BCUT2D eigenvalue weighted by molar-refractivity contribution is 6.32. The van der Waals surface area contributed by atoms with E-state index in [2.05, 4.69) is 4.98 Å².